The number of ketones is 1. The van der Waals surface area contributed by atoms with E-state index in [0.717, 1.165) is 5.56 Å². The molecule has 0 spiro atoms. The Hall–Kier alpha value is -1.60. The Morgan fingerprint density at radius 2 is 1.89 bits per heavy atom. The fourth-order valence-electron chi connectivity index (χ4n) is 3.10. The number of Topliss-reactive ketones (excluding diaryl/α,β-unsaturated/α-hetero) is 1. The Morgan fingerprint density at radius 3 is 2.50 bits per heavy atom. The van der Waals surface area contributed by atoms with Gasteiger partial charge in [-0.05, 0) is 17.7 Å². The van der Waals surface area contributed by atoms with Crippen LogP contribution < -0.4 is 5.43 Å². The first-order chi connectivity index (χ1) is 12.6. The van der Waals surface area contributed by atoms with Crippen molar-refractivity contribution < 1.29 is 14.7 Å². The molecule has 2 aromatic rings. The second kappa shape index (κ2) is 8.41. The number of hydrogen-bond donors (Lipinski definition) is 1. The predicted molar refractivity (Wildman–Crippen MR) is 109 cm³/mol. The second-order valence-corrected chi connectivity index (χ2v) is 8.13. The molecule has 3 rings (SSSR count). The van der Waals surface area contributed by atoms with Gasteiger partial charge in [0.15, 0.2) is 17.2 Å². The molecular weight excluding hydrogens is 391 g/mol. The number of carbonyl (C=O) groups is 2. The summed E-state index contributed by atoms with van der Waals surface area (Å²) in [6, 6.07) is 7.16. The molecule has 0 bridgehead atoms. The molecule has 2 heterocycles. The number of nitrogens with zero attached hydrogens (tertiary/aromatic N) is 2. The minimum atomic E-state index is -0.806. The van der Waals surface area contributed by atoms with Crippen molar-refractivity contribution in [3.63, 3.8) is 0 Å². The second-order valence-electron chi connectivity index (χ2n) is 7.70. The average Bonchev–Trinajstić information content (AvgIpc) is 2.59. The molecule has 1 amide bonds. The van der Waals surface area contributed by atoms with Crippen LogP contribution in [0.15, 0.2) is 35.3 Å². The van der Waals surface area contributed by atoms with Crippen molar-refractivity contribution in [2.45, 2.75) is 33.9 Å². The Bertz CT molecular complexity index is 995. The van der Waals surface area contributed by atoms with Crippen molar-refractivity contribution in [3.8, 4) is 5.75 Å². The van der Waals surface area contributed by atoms with E-state index in [0.29, 0.717) is 24.7 Å². The van der Waals surface area contributed by atoms with Crippen LogP contribution in [0.5, 0.6) is 5.75 Å². The van der Waals surface area contributed by atoms with Crippen molar-refractivity contribution in [2.24, 2.45) is 5.41 Å². The van der Waals surface area contributed by atoms with Crippen LogP contribution in [0.3, 0.4) is 0 Å². The maximum atomic E-state index is 12.8. The zero-order valence-corrected chi connectivity index (χ0v) is 16.2. The van der Waals surface area contributed by atoms with E-state index in [1.165, 1.54) is 10.8 Å². The molecule has 0 fully saturated rings. The van der Waals surface area contributed by atoms with Crippen LogP contribution in [0.4, 0.5) is 0 Å². The molecule has 1 N–H and O–H groups in total. The fourth-order valence-corrected chi connectivity index (χ4v) is 3.32. The van der Waals surface area contributed by atoms with Gasteiger partial charge in [0.25, 0.3) is 5.91 Å². The van der Waals surface area contributed by atoms with Gasteiger partial charge in [-0.15, -0.1) is 0 Å². The third kappa shape index (κ3) is 4.35. The molecule has 1 aromatic carbocycles. The molecule has 0 unspecified atom stereocenters. The van der Waals surface area contributed by atoms with Gasteiger partial charge < -0.3 is 14.6 Å². The number of amides is 1. The Balaban J connectivity index is 0.00000280. The first-order valence-electron chi connectivity index (χ1n) is 8.64. The van der Waals surface area contributed by atoms with Gasteiger partial charge in [-0.1, -0.05) is 44.5 Å². The number of aromatic hydroxyl groups is 1. The summed E-state index contributed by atoms with van der Waals surface area (Å²) in [5.41, 5.74) is -0.902. The zero-order valence-electron chi connectivity index (χ0n) is 15.5. The van der Waals surface area contributed by atoms with E-state index in [4.69, 9.17) is 11.6 Å². The number of benzene rings is 1. The minimum absolute atomic E-state index is 0. The van der Waals surface area contributed by atoms with Crippen molar-refractivity contribution in [2.75, 3.05) is 6.54 Å². The maximum absolute atomic E-state index is 12.8. The number of halogens is 1. The zero-order chi connectivity index (χ0) is 19.9. The normalized spacial score (nSPS) is 13.7. The third-order valence-corrected chi connectivity index (χ3v) is 4.78. The van der Waals surface area contributed by atoms with E-state index in [9.17, 15) is 19.5 Å². The van der Waals surface area contributed by atoms with E-state index in [-0.39, 0.29) is 46.6 Å². The van der Waals surface area contributed by atoms with Gasteiger partial charge in [0.1, 0.15) is 0 Å². The molecule has 0 aliphatic carbocycles. The van der Waals surface area contributed by atoms with Crippen LogP contribution in [-0.2, 0) is 13.1 Å². The van der Waals surface area contributed by atoms with Gasteiger partial charge in [0.05, 0.1) is 5.56 Å². The summed E-state index contributed by atoms with van der Waals surface area (Å²) in [5, 5.41) is 11.0. The predicted octanol–water partition coefficient (Wildman–Crippen LogP) is 2.44. The van der Waals surface area contributed by atoms with Crippen LogP contribution in [0.2, 0.25) is 5.02 Å². The number of rotatable bonds is 3. The van der Waals surface area contributed by atoms with Gasteiger partial charge in [0, 0.05) is 36.3 Å². The Kier molecular flexibility index (Phi) is 6.82. The summed E-state index contributed by atoms with van der Waals surface area (Å²) in [5.74, 6) is -1.50. The summed E-state index contributed by atoms with van der Waals surface area (Å²) in [4.78, 5) is 39.4. The summed E-state index contributed by atoms with van der Waals surface area (Å²) < 4.78 is 1.49. The molecule has 28 heavy (non-hydrogen) atoms. The van der Waals surface area contributed by atoms with Gasteiger partial charge in [-0.25, -0.2) is 0 Å². The summed E-state index contributed by atoms with van der Waals surface area (Å²) >= 11 is 5.99. The van der Waals surface area contributed by atoms with Crippen LogP contribution in [0, 0.1) is 5.41 Å². The van der Waals surface area contributed by atoms with Crippen molar-refractivity contribution in [3.05, 3.63) is 62.5 Å². The monoisotopic (exact) mass is 412 g/mol. The first kappa shape index (κ1) is 22.7. The van der Waals surface area contributed by atoms with Crippen molar-refractivity contribution in [1.29, 1.82) is 0 Å². The molecule has 1 aromatic heterocycles. The van der Waals surface area contributed by atoms with E-state index in [1.807, 2.05) is 6.07 Å². The number of aromatic nitrogens is 1. The third-order valence-electron chi connectivity index (χ3n) is 4.55. The topological polar surface area (TPSA) is 79.6 Å². The average molecular weight is 413 g/mol. The van der Waals surface area contributed by atoms with E-state index in [1.54, 1.807) is 43.9 Å². The first-order valence-corrected chi connectivity index (χ1v) is 9.02. The molecule has 0 saturated carbocycles. The standard InChI is InChI=1S/C20H21ClN2O4.Na.H/c1-20(2,3)18(26)14-11-22-7-8-23(10-12-5-4-6-13(21)9-12)19(27)15(22)17(25)16(14)24;;/h4-6,9,11,25H,7-8,10H2,1-3H3;;. The number of carbonyl (C=O) groups excluding carboxylic acids is 2. The van der Waals surface area contributed by atoms with Gasteiger partial charge in [-0.2, -0.15) is 0 Å². The fraction of sp³-hybridized carbons (Fsp3) is 0.350. The summed E-state index contributed by atoms with van der Waals surface area (Å²) in [6.45, 7) is 6.19. The molecule has 0 saturated heterocycles. The number of hydrogen-bond acceptors (Lipinski definition) is 4. The molecule has 1 aliphatic heterocycles. The van der Waals surface area contributed by atoms with E-state index in [2.05, 4.69) is 0 Å². The van der Waals surface area contributed by atoms with Crippen LogP contribution >= 0.6 is 11.6 Å². The Morgan fingerprint density at radius 1 is 1.21 bits per heavy atom. The molecule has 8 heteroatoms. The van der Waals surface area contributed by atoms with E-state index >= 15 is 0 Å². The quantitative estimate of drug-likeness (QED) is 0.620. The van der Waals surface area contributed by atoms with Gasteiger partial charge in [-0.3, -0.25) is 14.4 Å². The molecule has 1 aliphatic rings. The summed E-state index contributed by atoms with van der Waals surface area (Å²) in [7, 11) is 0. The molecular formula is C20H22ClN2NaO4. The molecule has 0 atom stereocenters. The molecule has 144 valence electrons. The Labute approximate surface area is 190 Å². The summed E-state index contributed by atoms with van der Waals surface area (Å²) in [6.07, 6.45) is 1.39. The van der Waals surface area contributed by atoms with Gasteiger partial charge in [0.2, 0.25) is 5.43 Å². The van der Waals surface area contributed by atoms with Crippen molar-refractivity contribution in [1.82, 2.24) is 9.47 Å². The van der Waals surface area contributed by atoms with Crippen LogP contribution in [0.1, 0.15) is 47.2 Å². The number of pyridine rings is 1. The SMILES string of the molecule is CC(C)(C)C(=O)c1cn2c(c(O)c1=O)C(=O)N(Cc1cccc(Cl)c1)CC2.[NaH]. The number of fused-ring (bicyclic) bond motifs is 1. The van der Waals surface area contributed by atoms with Crippen LogP contribution in [0.25, 0.3) is 0 Å². The molecule has 0 radical (unpaired) electrons. The van der Waals surface area contributed by atoms with E-state index < -0.39 is 22.5 Å². The molecule has 6 nitrogen and oxygen atoms in total. The van der Waals surface area contributed by atoms with Crippen LogP contribution in [-0.4, -0.2) is 62.4 Å². The van der Waals surface area contributed by atoms with Gasteiger partial charge >= 0.3 is 29.6 Å². The van der Waals surface area contributed by atoms with Crippen molar-refractivity contribution >= 4 is 52.8 Å².